The number of ether oxygens (including phenoxy) is 1. The quantitative estimate of drug-likeness (QED) is 0.770. The van der Waals surface area contributed by atoms with Gasteiger partial charge in [-0.15, -0.1) is 0 Å². The third-order valence-corrected chi connectivity index (χ3v) is 7.28. The molecule has 26 heavy (non-hydrogen) atoms. The predicted molar refractivity (Wildman–Crippen MR) is 104 cm³/mol. The molecule has 0 amide bonds. The maximum Gasteiger partial charge on any atom is 0.152 e. The summed E-state index contributed by atoms with van der Waals surface area (Å²) in [5.41, 5.74) is 2.03. The molecule has 0 bridgehead atoms. The first-order valence-electron chi connectivity index (χ1n) is 8.57. The first kappa shape index (κ1) is 18.1. The van der Waals surface area contributed by atoms with Gasteiger partial charge in [-0.3, -0.25) is 4.90 Å². The zero-order valence-electron chi connectivity index (χ0n) is 14.1. The normalized spacial score (nSPS) is 25.0. The zero-order valence-corrected chi connectivity index (χ0v) is 16.4. The van der Waals surface area contributed by atoms with E-state index in [0.29, 0.717) is 23.1 Å². The van der Waals surface area contributed by atoms with Crippen LogP contribution in [0, 0.1) is 0 Å². The van der Waals surface area contributed by atoms with Gasteiger partial charge in [0.15, 0.2) is 9.84 Å². The second-order valence-electron chi connectivity index (χ2n) is 6.77. The number of fused-ring (bicyclic) bond motifs is 1. The molecule has 2 aliphatic rings. The summed E-state index contributed by atoms with van der Waals surface area (Å²) >= 11 is 12.7. The number of hydrogen-bond acceptors (Lipinski definition) is 4. The Bertz CT molecular complexity index is 904. The molecule has 0 aromatic heterocycles. The van der Waals surface area contributed by atoms with Crippen molar-refractivity contribution in [2.45, 2.75) is 18.6 Å². The Morgan fingerprint density at radius 2 is 1.73 bits per heavy atom. The smallest absolute Gasteiger partial charge is 0.152 e. The van der Waals surface area contributed by atoms with Gasteiger partial charge in [-0.2, -0.15) is 0 Å². The van der Waals surface area contributed by atoms with Gasteiger partial charge in [0.05, 0.1) is 17.5 Å². The molecule has 1 aliphatic heterocycles. The summed E-state index contributed by atoms with van der Waals surface area (Å²) in [4.78, 5) is 2.21. The van der Waals surface area contributed by atoms with Crippen LogP contribution in [0.25, 0.3) is 0 Å². The molecule has 1 aliphatic carbocycles. The van der Waals surface area contributed by atoms with Crippen molar-refractivity contribution in [3.05, 3.63) is 63.6 Å². The van der Waals surface area contributed by atoms with E-state index in [0.717, 1.165) is 23.3 Å². The lowest BCUT2D eigenvalue weighted by Gasteiger charge is -2.35. The van der Waals surface area contributed by atoms with Crippen molar-refractivity contribution in [1.82, 2.24) is 4.90 Å². The largest absolute Gasteiger partial charge is 0.484 e. The van der Waals surface area contributed by atoms with E-state index in [1.54, 1.807) is 6.07 Å². The highest BCUT2D eigenvalue weighted by Crippen LogP contribution is 2.42. The lowest BCUT2D eigenvalue weighted by atomic mass is 10.1. The van der Waals surface area contributed by atoms with E-state index in [-0.39, 0.29) is 23.7 Å². The summed E-state index contributed by atoms with van der Waals surface area (Å²) in [5.74, 6) is 1.15. The summed E-state index contributed by atoms with van der Waals surface area (Å²) in [6.07, 6.45) is 0.493. The van der Waals surface area contributed by atoms with E-state index >= 15 is 0 Å². The molecule has 0 unspecified atom stereocenters. The van der Waals surface area contributed by atoms with Gasteiger partial charge in [0.1, 0.15) is 11.9 Å². The van der Waals surface area contributed by atoms with E-state index < -0.39 is 9.84 Å². The summed E-state index contributed by atoms with van der Waals surface area (Å²) in [6.45, 7) is 1.03. The Hall–Kier alpha value is -1.27. The van der Waals surface area contributed by atoms with Crippen LogP contribution in [0.1, 0.15) is 17.2 Å². The SMILES string of the molecule is O=S1(=O)CCN([C@H]2Cc3c(Cl)cc(Cl)cc3[C@@H]2Oc2ccccc2)CC1. The van der Waals surface area contributed by atoms with Gasteiger partial charge in [-0.05, 0) is 36.2 Å². The first-order chi connectivity index (χ1) is 12.4. The first-order valence-corrected chi connectivity index (χ1v) is 11.1. The molecule has 1 heterocycles. The molecule has 4 nitrogen and oxygen atoms in total. The lowest BCUT2D eigenvalue weighted by Crippen LogP contribution is -2.48. The Balaban J connectivity index is 1.68. The molecular formula is C19H19Cl2NO3S. The van der Waals surface area contributed by atoms with Gasteiger partial charge < -0.3 is 4.74 Å². The Morgan fingerprint density at radius 3 is 2.42 bits per heavy atom. The van der Waals surface area contributed by atoms with E-state index in [1.807, 2.05) is 36.4 Å². The van der Waals surface area contributed by atoms with Crippen LogP contribution in [-0.2, 0) is 16.3 Å². The molecule has 1 fully saturated rings. The molecule has 0 spiro atoms. The highest BCUT2D eigenvalue weighted by molar-refractivity contribution is 7.91. The third-order valence-electron chi connectivity index (χ3n) is 5.12. The van der Waals surface area contributed by atoms with Gasteiger partial charge in [-0.25, -0.2) is 8.42 Å². The van der Waals surface area contributed by atoms with Crippen molar-refractivity contribution in [2.24, 2.45) is 0 Å². The maximum atomic E-state index is 11.8. The number of halogens is 2. The number of benzene rings is 2. The highest BCUT2D eigenvalue weighted by Gasteiger charge is 2.41. The number of rotatable bonds is 3. The fraction of sp³-hybridized carbons (Fsp3) is 0.368. The van der Waals surface area contributed by atoms with Gasteiger partial charge in [0, 0.05) is 28.7 Å². The van der Waals surface area contributed by atoms with Crippen molar-refractivity contribution >= 4 is 33.0 Å². The van der Waals surface area contributed by atoms with E-state index in [1.165, 1.54) is 0 Å². The third kappa shape index (κ3) is 3.58. The van der Waals surface area contributed by atoms with Gasteiger partial charge in [0.25, 0.3) is 0 Å². The average molecular weight is 412 g/mol. The predicted octanol–water partition coefficient (Wildman–Crippen LogP) is 3.77. The molecule has 0 N–H and O–H groups in total. The van der Waals surface area contributed by atoms with E-state index in [4.69, 9.17) is 27.9 Å². The van der Waals surface area contributed by atoms with Gasteiger partial charge in [-0.1, -0.05) is 41.4 Å². The van der Waals surface area contributed by atoms with Crippen LogP contribution >= 0.6 is 23.2 Å². The topological polar surface area (TPSA) is 46.6 Å². The van der Waals surface area contributed by atoms with Gasteiger partial charge in [0.2, 0.25) is 0 Å². The standard InChI is InChI=1S/C19H19Cl2NO3S/c20-13-10-16-15(17(21)11-13)12-18(22-6-8-26(23,24)9-7-22)19(16)25-14-4-2-1-3-5-14/h1-5,10-11,18-19H,6-9,12H2/t18-,19-/m0/s1. The van der Waals surface area contributed by atoms with Crippen molar-refractivity contribution in [1.29, 1.82) is 0 Å². The molecule has 0 saturated carbocycles. The van der Waals surface area contributed by atoms with E-state index in [9.17, 15) is 8.42 Å². The Kier molecular flexibility index (Phi) is 4.90. The summed E-state index contributed by atoms with van der Waals surface area (Å²) in [7, 11) is -2.93. The second-order valence-corrected chi connectivity index (χ2v) is 9.91. The fourth-order valence-electron chi connectivity index (χ4n) is 3.78. The van der Waals surface area contributed by atoms with Crippen LogP contribution in [0.2, 0.25) is 10.0 Å². The van der Waals surface area contributed by atoms with Crippen molar-refractivity contribution in [3.8, 4) is 5.75 Å². The van der Waals surface area contributed by atoms with Gasteiger partial charge >= 0.3 is 0 Å². The molecule has 2 atom stereocenters. The van der Waals surface area contributed by atoms with Crippen LogP contribution in [0.3, 0.4) is 0 Å². The fourth-order valence-corrected chi connectivity index (χ4v) is 5.60. The van der Waals surface area contributed by atoms with Crippen LogP contribution in [0.15, 0.2) is 42.5 Å². The minimum absolute atomic E-state index is 0.0386. The Labute approximate surface area is 163 Å². The summed E-state index contributed by atoms with van der Waals surface area (Å²) in [6, 6.07) is 13.3. The van der Waals surface area contributed by atoms with Crippen molar-refractivity contribution < 1.29 is 13.2 Å². The molecule has 7 heteroatoms. The molecule has 1 saturated heterocycles. The molecule has 0 radical (unpaired) electrons. The Morgan fingerprint density at radius 1 is 1.04 bits per heavy atom. The van der Waals surface area contributed by atoms with Crippen molar-refractivity contribution in [3.63, 3.8) is 0 Å². The van der Waals surface area contributed by atoms with E-state index in [2.05, 4.69) is 4.90 Å². The average Bonchev–Trinajstić information content (AvgIpc) is 2.95. The number of nitrogens with zero attached hydrogens (tertiary/aromatic N) is 1. The number of para-hydroxylation sites is 1. The van der Waals surface area contributed by atoms with Crippen LogP contribution < -0.4 is 4.74 Å². The molecule has 2 aromatic carbocycles. The second kappa shape index (κ2) is 7.04. The molecule has 4 rings (SSSR count). The zero-order chi connectivity index (χ0) is 18.3. The maximum absolute atomic E-state index is 11.8. The summed E-state index contributed by atoms with van der Waals surface area (Å²) < 4.78 is 29.9. The molecule has 2 aromatic rings. The molecular weight excluding hydrogens is 393 g/mol. The van der Waals surface area contributed by atoms with Crippen LogP contribution in [-0.4, -0.2) is 44.0 Å². The van der Waals surface area contributed by atoms with Crippen LogP contribution in [0.4, 0.5) is 0 Å². The van der Waals surface area contributed by atoms with Crippen LogP contribution in [0.5, 0.6) is 5.75 Å². The lowest BCUT2D eigenvalue weighted by molar-refractivity contribution is 0.0835. The monoisotopic (exact) mass is 411 g/mol. The number of hydrogen-bond donors (Lipinski definition) is 0. The molecule has 138 valence electrons. The summed E-state index contributed by atoms with van der Waals surface area (Å²) in [5, 5.41) is 1.22. The highest BCUT2D eigenvalue weighted by atomic mass is 35.5. The van der Waals surface area contributed by atoms with Crippen molar-refractivity contribution in [2.75, 3.05) is 24.6 Å². The minimum atomic E-state index is -2.93. The minimum Gasteiger partial charge on any atom is -0.484 e. The number of sulfone groups is 1.